The van der Waals surface area contributed by atoms with Gasteiger partial charge in [-0.25, -0.2) is 0 Å². The third-order valence-corrected chi connectivity index (χ3v) is 3.40. The molecule has 0 aliphatic rings. The van der Waals surface area contributed by atoms with E-state index in [0.717, 1.165) is 35.8 Å². The molecule has 1 rings (SSSR count). The minimum atomic E-state index is 0.0230. The number of aromatic nitrogens is 1. The number of rotatable bonds is 6. The molecule has 1 aromatic rings. The highest BCUT2D eigenvalue weighted by Crippen LogP contribution is 2.18. The Morgan fingerprint density at radius 3 is 2.59 bits per heavy atom. The first kappa shape index (κ1) is 14.3. The number of carbonyl (C=O) groups excluding carboxylic acids is 1. The fraction of sp³-hybridized carbons (Fsp3) is 0.643. The van der Waals surface area contributed by atoms with E-state index in [1.165, 1.54) is 6.42 Å². The minimum Gasteiger partial charge on any atom is -0.348 e. The van der Waals surface area contributed by atoms with Crippen LogP contribution in [0.3, 0.4) is 0 Å². The number of hydrogen-bond acceptors (Lipinski definition) is 1. The van der Waals surface area contributed by atoms with Crippen LogP contribution in [0, 0.1) is 19.8 Å². The maximum atomic E-state index is 11.6. The molecule has 17 heavy (non-hydrogen) atoms. The standard InChI is InChI=1S/C14H22ClNO/c1-10(2)6-5-7-16-11(3)8-13(12(16)4)14(17)9-15/h8,10H,5-7,9H2,1-4H3. The lowest BCUT2D eigenvalue weighted by Gasteiger charge is -2.10. The largest absolute Gasteiger partial charge is 0.348 e. The Labute approximate surface area is 109 Å². The van der Waals surface area contributed by atoms with Gasteiger partial charge in [-0.1, -0.05) is 13.8 Å². The van der Waals surface area contributed by atoms with Gasteiger partial charge in [0, 0.05) is 23.5 Å². The number of ketones is 1. The van der Waals surface area contributed by atoms with E-state index in [-0.39, 0.29) is 11.7 Å². The smallest absolute Gasteiger partial charge is 0.179 e. The highest BCUT2D eigenvalue weighted by molar-refractivity contribution is 6.30. The Kier molecular flexibility index (Phi) is 5.26. The molecule has 0 amide bonds. The fourth-order valence-electron chi connectivity index (χ4n) is 2.16. The molecule has 0 bridgehead atoms. The Morgan fingerprint density at radius 2 is 2.06 bits per heavy atom. The summed E-state index contributed by atoms with van der Waals surface area (Å²) in [7, 11) is 0. The quantitative estimate of drug-likeness (QED) is 0.557. The normalized spacial score (nSPS) is 11.2. The van der Waals surface area contributed by atoms with E-state index in [9.17, 15) is 4.79 Å². The molecule has 1 aromatic heterocycles. The van der Waals surface area contributed by atoms with Crippen LogP contribution in [0.15, 0.2) is 6.07 Å². The van der Waals surface area contributed by atoms with Crippen LogP contribution in [-0.2, 0) is 6.54 Å². The van der Waals surface area contributed by atoms with E-state index >= 15 is 0 Å². The lowest BCUT2D eigenvalue weighted by atomic mass is 10.1. The summed E-state index contributed by atoms with van der Waals surface area (Å²) in [6.45, 7) is 9.51. The van der Waals surface area contributed by atoms with Gasteiger partial charge in [-0.2, -0.15) is 0 Å². The van der Waals surface area contributed by atoms with Gasteiger partial charge < -0.3 is 4.57 Å². The second-order valence-corrected chi connectivity index (χ2v) is 5.30. The van der Waals surface area contributed by atoms with Crippen molar-refractivity contribution in [2.24, 2.45) is 5.92 Å². The van der Waals surface area contributed by atoms with Gasteiger partial charge in [0.15, 0.2) is 5.78 Å². The first-order valence-corrected chi connectivity index (χ1v) is 6.76. The Morgan fingerprint density at radius 1 is 1.41 bits per heavy atom. The molecule has 2 nitrogen and oxygen atoms in total. The van der Waals surface area contributed by atoms with Crippen molar-refractivity contribution in [1.29, 1.82) is 0 Å². The van der Waals surface area contributed by atoms with Crippen LogP contribution in [0.1, 0.15) is 48.4 Å². The Hall–Kier alpha value is -0.760. The van der Waals surface area contributed by atoms with Gasteiger partial charge >= 0.3 is 0 Å². The maximum absolute atomic E-state index is 11.6. The molecule has 0 saturated heterocycles. The Balaban J connectivity index is 2.79. The van der Waals surface area contributed by atoms with Crippen molar-refractivity contribution >= 4 is 17.4 Å². The van der Waals surface area contributed by atoms with Gasteiger partial charge in [0.1, 0.15) is 0 Å². The van der Waals surface area contributed by atoms with E-state index in [1.807, 2.05) is 19.9 Å². The lowest BCUT2D eigenvalue weighted by molar-refractivity contribution is 0.102. The van der Waals surface area contributed by atoms with Crippen molar-refractivity contribution in [1.82, 2.24) is 4.57 Å². The highest BCUT2D eigenvalue weighted by Gasteiger charge is 2.14. The van der Waals surface area contributed by atoms with Crippen LogP contribution in [0.5, 0.6) is 0 Å². The number of Topliss-reactive ketones (excluding diaryl/α,β-unsaturated/α-hetero) is 1. The second kappa shape index (κ2) is 6.25. The summed E-state index contributed by atoms with van der Waals surface area (Å²) in [5.74, 6) is 0.820. The van der Waals surface area contributed by atoms with Crippen molar-refractivity contribution in [3.63, 3.8) is 0 Å². The maximum Gasteiger partial charge on any atom is 0.179 e. The van der Waals surface area contributed by atoms with Crippen LogP contribution in [0.2, 0.25) is 0 Å². The first-order chi connectivity index (χ1) is 7.97. The summed E-state index contributed by atoms with van der Waals surface area (Å²) in [5, 5.41) is 0. The van der Waals surface area contributed by atoms with Crippen molar-refractivity contribution in [2.75, 3.05) is 5.88 Å². The molecule has 0 N–H and O–H groups in total. The fourth-order valence-corrected chi connectivity index (χ4v) is 2.30. The molecular weight excluding hydrogens is 234 g/mol. The zero-order valence-electron chi connectivity index (χ0n) is 11.2. The van der Waals surface area contributed by atoms with E-state index in [0.29, 0.717) is 0 Å². The number of alkyl halides is 1. The molecule has 1 heterocycles. The van der Waals surface area contributed by atoms with Gasteiger partial charge in [-0.15, -0.1) is 11.6 Å². The zero-order valence-corrected chi connectivity index (χ0v) is 12.0. The van der Waals surface area contributed by atoms with E-state index in [4.69, 9.17) is 11.6 Å². The topological polar surface area (TPSA) is 22.0 Å². The van der Waals surface area contributed by atoms with Crippen LogP contribution in [0.4, 0.5) is 0 Å². The molecule has 0 aromatic carbocycles. The summed E-state index contributed by atoms with van der Waals surface area (Å²) in [5.41, 5.74) is 2.98. The molecule has 0 fully saturated rings. The predicted octanol–water partition coefficient (Wildman–Crippen LogP) is 3.96. The van der Waals surface area contributed by atoms with Crippen LogP contribution in [-0.4, -0.2) is 16.2 Å². The third kappa shape index (κ3) is 3.60. The van der Waals surface area contributed by atoms with Crippen LogP contribution < -0.4 is 0 Å². The molecule has 0 atom stereocenters. The van der Waals surface area contributed by atoms with Gasteiger partial charge in [-0.3, -0.25) is 4.79 Å². The van der Waals surface area contributed by atoms with Gasteiger partial charge in [0.25, 0.3) is 0 Å². The van der Waals surface area contributed by atoms with Crippen molar-refractivity contribution in [3.05, 3.63) is 23.0 Å². The van der Waals surface area contributed by atoms with E-state index < -0.39 is 0 Å². The van der Waals surface area contributed by atoms with Gasteiger partial charge in [-0.05, 0) is 38.7 Å². The number of hydrogen-bond donors (Lipinski definition) is 0. The highest BCUT2D eigenvalue weighted by atomic mass is 35.5. The number of halogens is 1. The van der Waals surface area contributed by atoms with E-state index in [2.05, 4.69) is 18.4 Å². The van der Waals surface area contributed by atoms with Crippen molar-refractivity contribution in [3.8, 4) is 0 Å². The molecule has 0 aliphatic heterocycles. The summed E-state index contributed by atoms with van der Waals surface area (Å²) in [6, 6.07) is 1.95. The summed E-state index contributed by atoms with van der Waals surface area (Å²) < 4.78 is 2.22. The van der Waals surface area contributed by atoms with E-state index in [1.54, 1.807) is 0 Å². The molecule has 0 aliphatic carbocycles. The molecule has 0 spiro atoms. The van der Waals surface area contributed by atoms with Crippen LogP contribution >= 0.6 is 11.6 Å². The molecule has 96 valence electrons. The van der Waals surface area contributed by atoms with Crippen molar-refractivity contribution in [2.45, 2.75) is 47.1 Å². The predicted molar refractivity (Wildman–Crippen MR) is 73.0 cm³/mol. The average Bonchev–Trinajstić information content (AvgIpc) is 2.55. The SMILES string of the molecule is Cc1cc(C(=O)CCl)c(C)n1CCCC(C)C. The molecule has 0 saturated carbocycles. The average molecular weight is 256 g/mol. The number of carbonyl (C=O) groups is 1. The summed E-state index contributed by atoms with van der Waals surface area (Å²) >= 11 is 5.61. The zero-order chi connectivity index (χ0) is 13.0. The van der Waals surface area contributed by atoms with Crippen molar-refractivity contribution < 1.29 is 4.79 Å². The summed E-state index contributed by atoms with van der Waals surface area (Å²) in [4.78, 5) is 11.6. The van der Waals surface area contributed by atoms with Crippen LogP contribution in [0.25, 0.3) is 0 Å². The lowest BCUT2D eigenvalue weighted by Crippen LogP contribution is -2.06. The third-order valence-electron chi connectivity index (χ3n) is 3.16. The first-order valence-electron chi connectivity index (χ1n) is 6.23. The van der Waals surface area contributed by atoms with Gasteiger partial charge in [0.05, 0.1) is 5.88 Å². The molecule has 3 heteroatoms. The number of aryl methyl sites for hydroxylation is 1. The molecule has 0 unspecified atom stereocenters. The molecule has 0 radical (unpaired) electrons. The summed E-state index contributed by atoms with van der Waals surface area (Å²) in [6.07, 6.45) is 2.37. The minimum absolute atomic E-state index is 0.0230. The van der Waals surface area contributed by atoms with Gasteiger partial charge in [0.2, 0.25) is 0 Å². The number of nitrogens with zero attached hydrogens (tertiary/aromatic N) is 1. The molecular formula is C14H22ClNO. The monoisotopic (exact) mass is 255 g/mol. The Bertz CT molecular complexity index is 393. The second-order valence-electron chi connectivity index (χ2n) is 5.03.